The number of hydrogen-bond donors (Lipinski definition) is 0. The molecule has 2 aromatic rings. The van der Waals surface area contributed by atoms with Crippen molar-refractivity contribution >= 4 is 28.8 Å². The quantitative estimate of drug-likeness (QED) is 0.801. The number of amides is 1. The molecule has 1 saturated heterocycles. The molecule has 0 aromatic carbocycles. The summed E-state index contributed by atoms with van der Waals surface area (Å²) in [4.78, 5) is 14.6. The summed E-state index contributed by atoms with van der Waals surface area (Å²) in [6, 6.07) is 2.05. The number of hydrogen-bond acceptors (Lipinski definition) is 4. The lowest BCUT2D eigenvalue weighted by Gasteiger charge is -2.25. The summed E-state index contributed by atoms with van der Waals surface area (Å²) in [6.45, 7) is 4.06. The van der Waals surface area contributed by atoms with E-state index in [1.165, 1.54) is 0 Å². The summed E-state index contributed by atoms with van der Waals surface area (Å²) in [6.07, 6.45) is 3.92. The number of aromatic nitrogens is 2. The molecule has 0 unspecified atom stereocenters. The highest BCUT2D eigenvalue weighted by atomic mass is 35.5. The van der Waals surface area contributed by atoms with Gasteiger partial charge in [0.2, 0.25) is 5.91 Å². The molecule has 1 aliphatic rings. The normalized spacial score (nSPS) is 17.6. The monoisotopic (exact) mass is 353 g/mol. The van der Waals surface area contributed by atoms with Crippen LogP contribution >= 0.6 is 22.9 Å². The highest BCUT2D eigenvalue weighted by Gasteiger charge is 2.23. The van der Waals surface area contributed by atoms with Crippen molar-refractivity contribution in [2.45, 2.75) is 39.0 Å². The van der Waals surface area contributed by atoms with Crippen molar-refractivity contribution in [1.82, 2.24) is 14.7 Å². The maximum atomic E-state index is 12.7. The Morgan fingerprint density at radius 3 is 3.09 bits per heavy atom. The maximum Gasteiger partial charge on any atom is 0.244 e. The van der Waals surface area contributed by atoms with Crippen LogP contribution in [0.3, 0.4) is 0 Å². The fraction of sp³-hybridized carbons (Fsp3) is 0.500. The second-order valence-corrected chi connectivity index (χ2v) is 6.99. The van der Waals surface area contributed by atoms with E-state index in [1.807, 2.05) is 17.2 Å². The molecule has 0 saturated carbocycles. The summed E-state index contributed by atoms with van der Waals surface area (Å²) < 4.78 is 7.30. The van der Waals surface area contributed by atoms with Gasteiger partial charge in [0.15, 0.2) is 0 Å². The van der Waals surface area contributed by atoms with Crippen molar-refractivity contribution in [3.8, 4) is 0 Å². The first-order chi connectivity index (χ1) is 11.1. The van der Waals surface area contributed by atoms with Crippen LogP contribution in [0.1, 0.15) is 24.1 Å². The van der Waals surface area contributed by atoms with Crippen molar-refractivity contribution in [2.24, 2.45) is 0 Å². The molecule has 1 aliphatic heterocycles. The Morgan fingerprint density at radius 1 is 1.61 bits per heavy atom. The van der Waals surface area contributed by atoms with Gasteiger partial charge in [-0.05, 0) is 42.2 Å². The molecule has 1 fully saturated rings. The van der Waals surface area contributed by atoms with Gasteiger partial charge in [0.05, 0.1) is 16.8 Å². The summed E-state index contributed by atoms with van der Waals surface area (Å²) in [5.41, 5.74) is 1.89. The second kappa shape index (κ2) is 7.47. The van der Waals surface area contributed by atoms with Crippen LogP contribution in [-0.4, -0.2) is 39.8 Å². The summed E-state index contributed by atoms with van der Waals surface area (Å²) in [5, 5.41) is 8.96. The van der Waals surface area contributed by atoms with Gasteiger partial charge in [-0.25, -0.2) is 0 Å². The van der Waals surface area contributed by atoms with Crippen LogP contribution in [0.25, 0.3) is 0 Å². The van der Waals surface area contributed by atoms with Gasteiger partial charge in [-0.1, -0.05) is 11.6 Å². The number of halogens is 1. The van der Waals surface area contributed by atoms with Crippen LogP contribution in [0.2, 0.25) is 5.02 Å². The molecule has 0 bridgehead atoms. The molecule has 0 spiro atoms. The Bertz CT molecular complexity index is 631. The van der Waals surface area contributed by atoms with Gasteiger partial charge in [0.25, 0.3) is 0 Å². The summed E-state index contributed by atoms with van der Waals surface area (Å²) in [7, 11) is 0. The fourth-order valence-electron chi connectivity index (χ4n) is 2.70. The van der Waals surface area contributed by atoms with Gasteiger partial charge < -0.3 is 9.64 Å². The Morgan fingerprint density at radius 2 is 2.48 bits per heavy atom. The number of nitrogens with zero attached hydrogens (tertiary/aromatic N) is 3. The number of carbonyl (C=O) groups is 1. The molecule has 0 radical (unpaired) electrons. The van der Waals surface area contributed by atoms with Gasteiger partial charge in [-0.2, -0.15) is 16.4 Å². The van der Waals surface area contributed by atoms with Crippen LogP contribution < -0.4 is 0 Å². The highest BCUT2D eigenvalue weighted by Crippen LogP contribution is 2.17. The molecule has 124 valence electrons. The predicted octanol–water partition coefficient (Wildman–Crippen LogP) is 3.11. The Kier molecular flexibility index (Phi) is 5.35. The van der Waals surface area contributed by atoms with Crippen molar-refractivity contribution in [2.75, 3.05) is 13.2 Å². The van der Waals surface area contributed by atoms with Gasteiger partial charge in [0.1, 0.15) is 6.54 Å². The lowest BCUT2D eigenvalue weighted by molar-refractivity contribution is -0.134. The average Bonchev–Trinajstić information content (AvgIpc) is 3.23. The van der Waals surface area contributed by atoms with E-state index in [-0.39, 0.29) is 18.6 Å². The van der Waals surface area contributed by atoms with Crippen LogP contribution in [0, 0.1) is 6.92 Å². The first-order valence-corrected chi connectivity index (χ1v) is 9.04. The minimum absolute atomic E-state index is 0.0332. The zero-order chi connectivity index (χ0) is 16.2. The van der Waals surface area contributed by atoms with Crippen LogP contribution in [-0.2, 0) is 22.6 Å². The van der Waals surface area contributed by atoms with E-state index in [9.17, 15) is 4.79 Å². The molecular formula is C16H20ClN3O2S. The lowest BCUT2D eigenvalue weighted by atomic mass is 10.2. The minimum Gasteiger partial charge on any atom is -0.376 e. The van der Waals surface area contributed by atoms with Gasteiger partial charge >= 0.3 is 0 Å². The van der Waals surface area contributed by atoms with E-state index in [4.69, 9.17) is 16.3 Å². The van der Waals surface area contributed by atoms with Crippen molar-refractivity contribution < 1.29 is 9.53 Å². The number of ether oxygens (including phenoxy) is 1. The average molecular weight is 354 g/mol. The number of aryl methyl sites for hydroxylation is 1. The molecule has 0 aliphatic carbocycles. The molecule has 0 N–H and O–H groups in total. The Hall–Kier alpha value is -1.37. The molecule has 2 aromatic heterocycles. The molecule has 1 atom stereocenters. The minimum atomic E-state index is 0.0332. The summed E-state index contributed by atoms with van der Waals surface area (Å²) >= 11 is 7.66. The maximum absolute atomic E-state index is 12.7. The summed E-state index contributed by atoms with van der Waals surface area (Å²) in [5.74, 6) is 0.0332. The predicted molar refractivity (Wildman–Crippen MR) is 90.7 cm³/mol. The van der Waals surface area contributed by atoms with E-state index in [1.54, 1.807) is 22.2 Å². The van der Waals surface area contributed by atoms with E-state index < -0.39 is 0 Å². The Labute approximate surface area is 144 Å². The third-order valence-corrected chi connectivity index (χ3v) is 5.04. The molecule has 23 heavy (non-hydrogen) atoms. The number of thiophene rings is 1. The standard InChI is InChI=1S/C16H20ClN3O2S/c1-12-15(17)9-20(18-12)10-16(21)19(7-13-4-6-23-11-13)8-14-3-2-5-22-14/h4,6,9,11,14H,2-3,5,7-8,10H2,1H3/t14-/m0/s1. The zero-order valence-corrected chi connectivity index (χ0v) is 14.6. The van der Waals surface area contributed by atoms with Crippen molar-refractivity contribution in [3.63, 3.8) is 0 Å². The molecule has 5 nitrogen and oxygen atoms in total. The number of rotatable bonds is 6. The number of carbonyl (C=O) groups excluding carboxylic acids is 1. The smallest absolute Gasteiger partial charge is 0.244 e. The first-order valence-electron chi connectivity index (χ1n) is 7.72. The zero-order valence-electron chi connectivity index (χ0n) is 13.1. The van der Waals surface area contributed by atoms with Gasteiger partial charge in [0, 0.05) is 25.9 Å². The van der Waals surface area contributed by atoms with E-state index in [2.05, 4.69) is 16.5 Å². The Balaban J connectivity index is 1.68. The highest BCUT2D eigenvalue weighted by molar-refractivity contribution is 7.07. The van der Waals surface area contributed by atoms with E-state index in [0.29, 0.717) is 18.1 Å². The molecule has 3 rings (SSSR count). The lowest BCUT2D eigenvalue weighted by Crippen LogP contribution is -2.38. The molecular weight excluding hydrogens is 334 g/mol. The molecule has 1 amide bonds. The largest absolute Gasteiger partial charge is 0.376 e. The topological polar surface area (TPSA) is 47.4 Å². The van der Waals surface area contributed by atoms with Crippen molar-refractivity contribution in [3.05, 3.63) is 39.3 Å². The molecule has 3 heterocycles. The third kappa shape index (κ3) is 4.34. The van der Waals surface area contributed by atoms with E-state index >= 15 is 0 Å². The van der Waals surface area contributed by atoms with Crippen LogP contribution in [0.4, 0.5) is 0 Å². The fourth-order valence-corrected chi connectivity index (χ4v) is 3.52. The molecule has 7 heteroatoms. The van der Waals surface area contributed by atoms with Crippen LogP contribution in [0.5, 0.6) is 0 Å². The second-order valence-electron chi connectivity index (χ2n) is 5.80. The van der Waals surface area contributed by atoms with Gasteiger partial charge in [-0.3, -0.25) is 9.48 Å². The van der Waals surface area contributed by atoms with Crippen LogP contribution in [0.15, 0.2) is 23.0 Å². The third-order valence-electron chi connectivity index (χ3n) is 3.94. The van der Waals surface area contributed by atoms with Gasteiger partial charge in [-0.15, -0.1) is 0 Å². The first kappa shape index (κ1) is 16.5. The van der Waals surface area contributed by atoms with E-state index in [0.717, 1.165) is 30.7 Å². The SMILES string of the molecule is Cc1nn(CC(=O)N(Cc2ccsc2)C[C@@H]2CCCO2)cc1Cl. The van der Waals surface area contributed by atoms with Crippen molar-refractivity contribution in [1.29, 1.82) is 0 Å².